The zero-order valence-electron chi connectivity index (χ0n) is 14.1. The predicted octanol–water partition coefficient (Wildman–Crippen LogP) is 4.65. The zero-order chi connectivity index (χ0) is 16.5. The highest BCUT2D eigenvalue weighted by molar-refractivity contribution is 5.74. The van der Waals surface area contributed by atoms with Crippen LogP contribution in [0.5, 0.6) is 0 Å². The van der Waals surface area contributed by atoms with Gasteiger partial charge in [-0.2, -0.15) is 0 Å². The van der Waals surface area contributed by atoms with Crippen LogP contribution in [0.15, 0.2) is 60.7 Å². The lowest BCUT2D eigenvalue weighted by Gasteiger charge is -2.36. The Hall–Kier alpha value is -2.09. The molecule has 0 N–H and O–H groups in total. The lowest BCUT2D eigenvalue weighted by molar-refractivity contribution is -0.149. The first kappa shape index (κ1) is 15.4. The van der Waals surface area contributed by atoms with Crippen molar-refractivity contribution in [2.45, 2.75) is 25.2 Å². The SMILES string of the molecule is COC(=O)[C@H]1[C@@H]2CC[C@H](C2)[C@@H]1C(c1ccccc1)c1ccccc1. The Kier molecular flexibility index (Phi) is 4.13. The van der Waals surface area contributed by atoms with E-state index in [1.807, 2.05) is 0 Å². The molecule has 0 amide bonds. The normalized spacial score (nSPS) is 28.2. The molecule has 2 aromatic carbocycles. The van der Waals surface area contributed by atoms with Crippen molar-refractivity contribution in [1.82, 2.24) is 0 Å². The van der Waals surface area contributed by atoms with Crippen LogP contribution in [0.2, 0.25) is 0 Å². The van der Waals surface area contributed by atoms with Crippen molar-refractivity contribution >= 4 is 5.97 Å². The molecule has 0 aromatic heterocycles. The first-order valence-electron chi connectivity index (χ1n) is 8.97. The van der Waals surface area contributed by atoms with E-state index >= 15 is 0 Å². The monoisotopic (exact) mass is 320 g/mol. The molecule has 4 atom stereocenters. The summed E-state index contributed by atoms with van der Waals surface area (Å²) >= 11 is 0. The number of esters is 1. The number of fused-ring (bicyclic) bond motifs is 2. The predicted molar refractivity (Wildman–Crippen MR) is 94.6 cm³/mol. The highest BCUT2D eigenvalue weighted by atomic mass is 16.5. The van der Waals surface area contributed by atoms with Gasteiger partial charge in [-0.1, -0.05) is 60.7 Å². The molecular formula is C22H24O2. The third-order valence-corrected chi connectivity index (χ3v) is 6.16. The summed E-state index contributed by atoms with van der Waals surface area (Å²) in [4.78, 5) is 12.6. The van der Waals surface area contributed by atoms with E-state index in [4.69, 9.17) is 4.74 Å². The molecule has 0 heterocycles. The van der Waals surface area contributed by atoms with E-state index in [0.717, 1.165) is 0 Å². The topological polar surface area (TPSA) is 26.3 Å². The van der Waals surface area contributed by atoms with E-state index in [1.165, 1.54) is 37.5 Å². The van der Waals surface area contributed by atoms with Gasteiger partial charge in [0.25, 0.3) is 0 Å². The average Bonchev–Trinajstić information content (AvgIpc) is 3.25. The smallest absolute Gasteiger partial charge is 0.309 e. The largest absolute Gasteiger partial charge is 0.469 e. The van der Waals surface area contributed by atoms with Crippen LogP contribution in [-0.2, 0) is 9.53 Å². The van der Waals surface area contributed by atoms with Crippen LogP contribution in [0.1, 0.15) is 36.3 Å². The van der Waals surface area contributed by atoms with Gasteiger partial charge >= 0.3 is 5.97 Å². The van der Waals surface area contributed by atoms with Gasteiger partial charge in [-0.3, -0.25) is 4.79 Å². The number of carbonyl (C=O) groups is 1. The fourth-order valence-corrected chi connectivity index (χ4v) is 5.26. The molecule has 2 saturated carbocycles. The van der Waals surface area contributed by atoms with Crippen molar-refractivity contribution in [1.29, 1.82) is 0 Å². The van der Waals surface area contributed by atoms with Gasteiger partial charge < -0.3 is 4.74 Å². The molecule has 4 rings (SSSR count). The molecule has 2 aliphatic carbocycles. The third kappa shape index (κ3) is 2.54. The highest BCUT2D eigenvalue weighted by Crippen LogP contribution is 2.58. The number of ether oxygens (including phenoxy) is 1. The Bertz CT molecular complexity index is 655. The second-order valence-corrected chi connectivity index (χ2v) is 7.26. The van der Waals surface area contributed by atoms with Gasteiger partial charge in [0.05, 0.1) is 13.0 Å². The fourth-order valence-electron chi connectivity index (χ4n) is 5.26. The highest BCUT2D eigenvalue weighted by Gasteiger charge is 2.54. The van der Waals surface area contributed by atoms with Crippen LogP contribution in [-0.4, -0.2) is 13.1 Å². The van der Waals surface area contributed by atoms with Crippen LogP contribution < -0.4 is 0 Å². The van der Waals surface area contributed by atoms with Gasteiger partial charge in [0, 0.05) is 5.92 Å². The fraction of sp³-hybridized carbons (Fsp3) is 0.409. The lowest BCUT2D eigenvalue weighted by atomic mass is 9.68. The van der Waals surface area contributed by atoms with Gasteiger partial charge in [-0.15, -0.1) is 0 Å². The molecule has 124 valence electrons. The summed E-state index contributed by atoms with van der Waals surface area (Å²) in [5.74, 6) is 1.78. The zero-order valence-corrected chi connectivity index (χ0v) is 14.1. The Morgan fingerprint density at radius 3 is 2.00 bits per heavy atom. The van der Waals surface area contributed by atoms with E-state index in [-0.39, 0.29) is 17.8 Å². The maximum atomic E-state index is 12.6. The van der Waals surface area contributed by atoms with Crippen LogP contribution in [0, 0.1) is 23.7 Å². The van der Waals surface area contributed by atoms with Gasteiger partial charge in [0.2, 0.25) is 0 Å². The van der Waals surface area contributed by atoms with Crippen molar-refractivity contribution in [3.8, 4) is 0 Å². The molecule has 2 bridgehead atoms. The Morgan fingerprint density at radius 1 is 0.917 bits per heavy atom. The second-order valence-electron chi connectivity index (χ2n) is 7.26. The Morgan fingerprint density at radius 2 is 1.46 bits per heavy atom. The lowest BCUT2D eigenvalue weighted by Crippen LogP contribution is -2.34. The van der Waals surface area contributed by atoms with Gasteiger partial charge in [0.1, 0.15) is 0 Å². The summed E-state index contributed by atoms with van der Waals surface area (Å²) in [6, 6.07) is 21.4. The van der Waals surface area contributed by atoms with Crippen molar-refractivity contribution in [2.75, 3.05) is 7.11 Å². The quantitative estimate of drug-likeness (QED) is 0.766. The summed E-state index contributed by atoms with van der Waals surface area (Å²) in [6.07, 6.45) is 3.61. The number of methoxy groups -OCH3 is 1. The number of carbonyl (C=O) groups excluding carboxylic acids is 1. The Labute approximate surface area is 143 Å². The summed E-state index contributed by atoms with van der Waals surface area (Å²) in [6.45, 7) is 0. The van der Waals surface area contributed by atoms with Gasteiger partial charge in [-0.05, 0) is 48.1 Å². The molecule has 0 spiro atoms. The maximum absolute atomic E-state index is 12.6. The molecule has 2 aromatic rings. The van der Waals surface area contributed by atoms with Gasteiger partial charge in [0.15, 0.2) is 0 Å². The molecule has 2 aliphatic rings. The number of hydrogen-bond donors (Lipinski definition) is 0. The van der Waals surface area contributed by atoms with Crippen LogP contribution >= 0.6 is 0 Å². The molecule has 0 radical (unpaired) electrons. The van der Waals surface area contributed by atoms with E-state index < -0.39 is 0 Å². The summed E-state index contributed by atoms with van der Waals surface area (Å²) in [5.41, 5.74) is 2.63. The molecule has 2 heteroatoms. The minimum atomic E-state index is -0.0101. The molecule has 2 fully saturated rings. The summed E-state index contributed by atoms with van der Waals surface area (Å²) in [5, 5.41) is 0. The first-order valence-corrected chi connectivity index (χ1v) is 8.97. The van der Waals surface area contributed by atoms with Crippen LogP contribution in [0.4, 0.5) is 0 Å². The minimum absolute atomic E-state index is 0.0101. The van der Waals surface area contributed by atoms with E-state index in [2.05, 4.69) is 60.7 Å². The molecule has 0 unspecified atom stereocenters. The number of hydrogen-bond acceptors (Lipinski definition) is 2. The molecule has 0 aliphatic heterocycles. The van der Waals surface area contributed by atoms with Gasteiger partial charge in [-0.25, -0.2) is 0 Å². The van der Waals surface area contributed by atoms with Crippen molar-refractivity contribution < 1.29 is 9.53 Å². The standard InChI is InChI=1S/C22H24O2/c1-24-22(23)21-18-13-12-17(14-18)20(21)19(15-8-4-2-5-9-15)16-10-6-3-7-11-16/h2-11,17-21H,12-14H2,1H3/t17-,18-,20-,21+/m1/s1. The van der Waals surface area contributed by atoms with Crippen molar-refractivity contribution in [3.63, 3.8) is 0 Å². The maximum Gasteiger partial charge on any atom is 0.309 e. The van der Waals surface area contributed by atoms with E-state index in [9.17, 15) is 4.79 Å². The summed E-state index contributed by atoms with van der Waals surface area (Å²) < 4.78 is 5.20. The average molecular weight is 320 g/mol. The Balaban J connectivity index is 1.80. The molecule has 24 heavy (non-hydrogen) atoms. The number of benzene rings is 2. The molecule has 2 nitrogen and oxygen atoms in total. The van der Waals surface area contributed by atoms with E-state index in [1.54, 1.807) is 0 Å². The number of rotatable bonds is 4. The van der Waals surface area contributed by atoms with Crippen LogP contribution in [0.25, 0.3) is 0 Å². The summed E-state index contributed by atoms with van der Waals surface area (Å²) in [7, 11) is 1.53. The first-order chi connectivity index (χ1) is 11.8. The minimum Gasteiger partial charge on any atom is -0.469 e. The van der Waals surface area contributed by atoms with Crippen LogP contribution in [0.3, 0.4) is 0 Å². The molecule has 0 saturated heterocycles. The molecular weight excluding hydrogens is 296 g/mol. The van der Waals surface area contributed by atoms with Crippen molar-refractivity contribution in [2.24, 2.45) is 23.7 Å². The third-order valence-electron chi connectivity index (χ3n) is 6.16. The van der Waals surface area contributed by atoms with E-state index in [0.29, 0.717) is 17.8 Å². The van der Waals surface area contributed by atoms with Crippen molar-refractivity contribution in [3.05, 3.63) is 71.8 Å². The second kappa shape index (κ2) is 6.43.